The van der Waals surface area contributed by atoms with Crippen LogP contribution in [0.25, 0.3) is 16.8 Å². The Morgan fingerprint density at radius 3 is 2.58 bits per heavy atom. The van der Waals surface area contributed by atoms with E-state index in [2.05, 4.69) is 46.3 Å². The van der Waals surface area contributed by atoms with Crippen LogP contribution in [0.15, 0.2) is 30.6 Å². The standard InChI is InChI=1S/C20H22Cl2N4/c1-13-11-16(25-9-7-20(2,3)8-10-25)26-12-23-24-19(26)17(13)14-5-4-6-15(21)18(14)22/h4-6,11-12H,7-10H2,1-3H3. The largest absolute Gasteiger partial charge is 0.358 e. The molecule has 1 saturated heterocycles. The zero-order valence-corrected chi connectivity index (χ0v) is 16.8. The Morgan fingerprint density at radius 1 is 1.12 bits per heavy atom. The number of anilines is 1. The van der Waals surface area contributed by atoms with Crippen molar-refractivity contribution in [3.63, 3.8) is 0 Å². The molecule has 0 radical (unpaired) electrons. The van der Waals surface area contributed by atoms with Crippen molar-refractivity contribution in [1.29, 1.82) is 0 Å². The van der Waals surface area contributed by atoms with Crippen molar-refractivity contribution in [2.45, 2.75) is 33.6 Å². The van der Waals surface area contributed by atoms with Crippen LogP contribution in [0, 0.1) is 12.3 Å². The molecule has 0 unspecified atom stereocenters. The Hall–Kier alpha value is -1.78. The van der Waals surface area contributed by atoms with E-state index in [9.17, 15) is 0 Å². The highest BCUT2D eigenvalue weighted by molar-refractivity contribution is 6.43. The van der Waals surface area contributed by atoms with Crippen molar-refractivity contribution in [3.8, 4) is 11.1 Å². The molecule has 0 N–H and O–H groups in total. The van der Waals surface area contributed by atoms with Gasteiger partial charge in [0.25, 0.3) is 0 Å². The van der Waals surface area contributed by atoms with Crippen LogP contribution in [0.4, 0.5) is 5.82 Å². The van der Waals surface area contributed by atoms with Gasteiger partial charge in [-0.1, -0.05) is 49.2 Å². The minimum absolute atomic E-state index is 0.409. The molecule has 0 aliphatic carbocycles. The second-order valence-electron chi connectivity index (χ2n) is 7.84. The van der Waals surface area contributed by atoms with Gasteiger partial charge in [-0.25, -0.2) is 0 Å². The lowest BCUT2D eigenvalue weighted by atomic mass is 9.82. The monoisotopic (exact) mass is 388 g/mol. The van der Waals surface area contributed by atoms with Crippen LogP contribution in [-0.4, -0.2) is 27.7 Å². The fourth-order valence-corrected chi connectivity index (χ4v) is 4.09. The number of nitrogens with zero attached hydrogens (tertiary/aromatic N) is 4. The number of aromatic nitrogens is 3. The number of rotatable bonds is 2. The van der Waals surface area contributed by atoms with Crippen molar-refractivity contribution >= 4 is 34.7 Å². The van der Waals surface area contributed by atoms with Crippen molar-refractivity contribution in [2.75, 3.05) is 18.0 Å². The average molecular weight is 389 g/mol. The molecular weight excluding hydrogens is 367 g/mol. The number of piperidine rings is 1. The summed E-state index contributed by atoms with van der Waals surface area (Å²) in [5.74, 6) is 1.14. The lowest BCUT2D eigenvalue weighted by Gasteiger charge is -2.38. The molecule has 6 heteroatoms. The maximum absolute atomic E-state index is 6.49. The summed E-state index contributed by atoms with van der Waals surface area (Å²) >= 11 is 12.7. The molecule has 0 spiro atoms. The molecule has 136 valence electrons. The lowest BCUT2D eigenvalue weighted by molar-refractivity contribution is 0.279. The highest BCUT2D eigenvalue weighted by atomic mass is 35.5. The third-order valence-corrected chi connectivity index (χ3v) is 6.24. The normalized spacial score (nSPS) is 17.0. The molecule has 4 rings (SSSR count). The van der Waals surface area contributed by atoms with Gasteiger partial charge in [0, 0.05) is 24.2 Å². The summed E-state index contributed by atoms with van der Waals surface area (Å²) in [4.78, 5) is 2.43. The Morgan fingerprint density at radius 2 is 1.85 bits per heavy atom. The average Bonchev–Trinajstić information content (AvgIpc) is 3.07. The second kappa shape index (κ2) is 6.43. The summed E-state index contributed by atoms with van der Waals surface area (Å²) in [5.41, 5.74) is 4.21. The predicted octanol–water partition coefficient (Wildman–Crippen LogP) is 5.64. The molecule has 3 heterocycles. The highest BCUT2D eigenvalue weighted by Gasteiger charge is 2.27. The summed E-state index contributed by atoms with van der Waals surface area (Å²) in [6.45, 7) is 8.86. The molecule has 0 amide bonds. The summed E-state index contributed by atoms with van der Waals surface area (Å²) in [6, 6.07) is 7.90. The highest BCUT2D eigenvalue weighted by Crippen LogP contribution is 2.39. The predicted molar refractivity (Wildman–Crippen MR) is 108 cm³/mol. The van der Waals surface area contributed by atoms with Gasteiger partial charge < -0.3 is 4.90 Å². The van der Waals surface area contributed by atoms with Crippen LogP contribution in [0.1, 0.15) is 32.3 Å². The number of hydrogen-bond donors (Lipinski definition) is 0. The summed E-state index contributed by atoms with van der Waals surface area (Å²) < 4.78 is 2.07. The van der Waals surface area contributed by atoms with Crippen LogP contribution in [0.5, 0.6) is 0 Å². The van der Waals surface area contributed by atoms with Crippen molar-refractivity contribution in [1.82, 2.24) is 14.6 Å². The molecule has 4 nitrogen and oxygen atoms in total. The van der Waals surface area contributed by atoms with E-state index < -0.39 is 0 Å². The van der Waals surface area contributed by atoms with Crippen LogP contribution >= 0.6 is 23.2 Å². The molecule has 2 aromatic heterocycles. The van der Waals surface area contributed by atoms with E-state index in [1.165, 1.54) is 12.8 Å². The number of pyridine rings is 1. The molecule has 1 aliphatic heterocycles. The van der Waals surface area contributed by atoms with E-state index in [0.29, 0.717) is 15.5 Å². The van der Waals surface area contributed by atoms with Crippen molar-refractivity contribution in [3.05, 3.63) is 46.2 Å². The first-order valence-corrected chi connectivity index (χ1v) is 9.66. The zero-order valence-electron chi connectivity index (χ0n) is 15.3. The zero-order chi connectivity index (χ0) is 18.5. The maximum atomic E-state index is 6.49. The summed E-state index contributed by atoms with van der Waals surface area (Å²) in [5, 5.41) is 9.67. The molecule has 3 aromatic rings. The van der Waals surface area contributed by atoms with Crippen LogP contribution in [-0.2, 0) is 0 Å². The number of benzene rings is 1. The van der Waals surface area contributed by atoms with E-state index in [0.717, 1.165) is 41.2 Å². The second-order valence-corrected chi connectivity index (χ2v) is 8.62. The van der Waals surface area contributed by atoms with Gasteiger partial charge in [0.2, 0.25) is 0 Å². The van der Waals surface area contributed by atoms with Gasteiger partial charge >= 0.3 is 0 Å². The molecule has 1 aliphatic rings. The first kappa shape index (κ1) is 17.6. The Balaban J connectivity index is 1.85. The summed E-state index contributed by atoms with van der Waals surface area (Å²) in [7, 11) is 0. The quantitative estimate of drug-likeness (QED) is 0.569. The van der Waals surface area contributed by atoms with Crippen molar-refractivity contribution < 1.29 is 0 Å². The number of halogens is 2. The first-order valence-electron chi connectivity index (χ1n) is 8.90. The Kier molecular flexibility index (Phi) is 4.36. The number of aryl methyl sites for hydroxylation is 1. The van der Waals surface area contributed by atoms with E-state index in [1.807, 2.05) is 12.1 Å². The minimum Gasteiger partial charge on any atom is -0.358 e. The molecule has 1 aromatic carbocycles. The number of fused-ring (bicyclic) bond motifs is 1. The van der Waals surface area contributed by atoms with Gasteiger partial charge in [-0.2, -0.15) is 0 Å². The van der Waals surface area contributed by atoms with E-state index in [-0.39, 0.29) is 0 Å². The van der Waals surface area contributed by atoms with Crippen LogP contribution in [0.3, 0.4) is 0 Å². The van der Waals surface area contributed by atoms with Gasteiger partial charge in [-0.05, 0) is 42.9 Å². The van der Waals surface area contributed by atoms with Crippen molar-refractivity contribution in [2.24, 2.45) is 5.41 Å². The molecule has 0 saturated carbocycles. The Labute approximate surface area is 163 Å². The van der Waals surface area contributed by atoms with Gasteiger partial charge in [0.15, 0.2) is 5.65 Å². The molecular formula is C20H22Cl2N4. The Bertz CT molecular complexity index is 967. The van der Waals surface area contributed by atoms with Gasteiger partial charge in [0.1, 0.15) is 12.1 Å². The molecule has 0 atom stereocenters. The molecule has 26 heavy (non-hydrogen) atoms. The van der Waals surface area contributed by atoms with Crippen LogP contribution in [0.2, 0.25) is 10.0 Å². The van der Waals surface area contributed by atoms with E-state index in [1.54, 1.807) is 12.4 Å². The smallest absolute Gasteiger partial charge is 0.170 e. The lowest BCUT2D eigenvalue weighted by Crippen LogP contribution is -2.38. The van der Waals surface area contributed by atoms with E-state index >= 15 is 0 Å². The third-order valence-electron chi connectivity index (χ3n) is 5.42. The topological polar surface area (TPSA) is 33.4 Å². The molecule has 0 bridgehead atoms. The fourth-order valence-electron chi connectivity index (χ4n) is 3.70. The molecule has 1 fully saturated rings. The van der Waals surface area contributed by atoms with Gasteiger partial charge in [-0.3, -0.25) is 4.40 Å². The fraction of sp³-hybridized carbons (Fsp3) is 0.400. The SMILES string of the molecule is Cc1cc(N2CCC(C)(C)CC2)n2cnnc2c1-c1cccc(Cl)c1Cl. The minimum atomic E-state index is 0.409. The number of hydrogen-bond acceptors (Lipinski definition) is 3. The first-order chi connectivity index (χ1) is 12.4. The van der Waals surface area contributed by atoms with Crippen LogP contribution < -0.4 is 4.90 Å². The van der Waals surface area contributed by atoms with E-state index in [4.69, 9.17) is 23.2 Å². The summed E-state index contributed by atoms with van der Waals surface area (Å²) in [6.07, 6.45) is 4.14. The van der Waals surface area contributed by atoms with Gasteiger partial charge in [0.05, 0.1) is 10.0 Å². The maximum Gasteiger partial charge on any atom is 0.170 e. The third kappa shape index (κ3) is 2.95. The van der Waals surface area contributed by atoms with Gasteiger partial charge in [-0.15, -0.1) is 10.2 Å².